The van der Waals surface area contributed by atoms with Crippen LogP contribution in [0.5, 0.6) is 0 Å². The van der Waals surface area contributed by atoms with Crippen LogP contribution in [0.1, 0.15) is 147 Å². The summed E-state index contributed by atoms with van der Waals surface area (Å²) in [4.78, 5) is 0. The van der Waals surface area contributed by atoms with Crippen LogP contribution in [0, 0.1) is 47.4 Å². The highest BCUT2D eigenvalue weighted by Gasteiger charge is 2.16. The van der Waals surface area contributed by atoms with E-state index in [0.717, 1.165) is 113 Å². The Morgan fingerprint density at radius 3 is 0.713 bits per heavy atom. The predicted molar refractivity (Wildman–Crippen MR) is 344 cm³/mol. The summed E-state index contributed by atoms with van der Waals surface area (Å²) in [6.45, 7) is 4.59. The Kier molecular flexibility index (Phi) is 14.3. The highest BCUT2D eigenvalue weighted by Crippen LogP contribution is 2.37. The Morgan fingerprint density at radius 2 is 0.438 bits per heavy atom. The second-order valence-corrected chi connectivity index (χ2v) is 22.2. The second-order valence-electron chi connectivity index (χ2n) is 22.2. The summed E-state index contributed by atoms with van der Waals surface area (Å²) in [7, 11) is 0. The second kappa shape index (κ2) is 22.7. The van der Waals surface area contributed by atoms with Gasteiger partial charge in [-0.05, 0) is 208 Å². The van der Waals surface area contributed by atoms with E-state index in [1.807, 2.05) is 0 Å². The van der Waals surface area contributed by atoms with Gasteiger partial charge in [-0.25, -0.2) is 0 Å². The molecule has 384 valence electrons. The van der Waals surface area contributed by atoms with Crippen LogP contribution in [0.3, 0.4) is 0 Å². The van der Waals surface area contributed by atoms with E-state index in [9.17, 15) is 0 Å². The van der Waals surface area contributed by atoms with E-state index in [1.54, 1.807) is 0 Å². The summed E-state index contributed by atoms with van der Waals surface area (Å²) in [6.07, 6.45) is 17.0. The molecule has 12 aromatic rings. The zero-order valence-corrected chi connectivity index (χ0v) is 46.2. The normalized spacial score (nSPS) is 11.8. The lowest BCUT2D eigenvalue weighted by molar-refractivity contribution is 0.609. The van der Waals surface area contributed by atoms with Crippen molar-refractivity contribution in [2.24, 2.45) is 0 Å². The zero-order valence-electron chi connectivity index (χ0n) is 46.2. The number of hydrogen-bond acceptors (Lipinski definition) is 0. The maximum Gasteiger partial charge on any atom is 0.0327 e. The van der Waals surface area contributed by atoms with Crippen molar-refractivity contribution < 1.29 is 0 Å². The molecule has 0 heteroatoms. The van der Waals surface area contributed by atoms with Crippen LogP contribution in [0.2, 0.25) is 0 Å². The maximum absolute atomic E-state index is 3.81. The fraction of sp³-hybridized carbons (Fsp3) is 0.200. The van der Waals surface area contributed by atoms with Crippen molar-refractivity contribution in [3.05, 3.63) is 238 Å². The minimum absolute atomic E-state index is 0.993. The summed E-state index contributed by atoms with van der Waals surface area (Å²) in [6, 6.07) is 66.9. The van der Waals surface area contributed by atoms with Gasteiger partial charge in [0.15, 0.2) is 0 Å². The van der Waals surface area contributed by atoms with Crippen molar-refractivity contribution in [3.63, 3.8) is 0 Å². The highest BCUT2D eigenvalue weighted by atomic mass is 14.2. The molecule has 1 aliphatic carbocycles. The van der Waals surface area contributed by atoms with Gasteiger partial charge in [0, 0.05) is 44.5 Å². The molecule has 13 rings (SSSR count). The quantitative estimate of drug-likeness (QED) is 0.0578. The standard InChI is InChI=1S/C80H64/c1-3-5-7-9-11-13-35-67-69-37-19-27-59-45-43-57-25-17-33-65-49-63-31-15-23-55(73(63)51-75(57)65)41-42-56-24-16-32-64-50-66-34-18-26-58(76(66)52-74(56)64)44-46-60-28-20-38-70-68(36-14-12-10-8-6-4-2)72-40-22-30-62(80(72)54-78(60)70)48-47-61-29-21-39-71(67)79(61)53-77(59)69/h15-34,37-40,49-54H,3-14,35-36H2,1-2H3. The van der Waals surface area contributed by atoms with Gasteiger partial charge in [0.05, 0.1) is 0 Å². The van der Waals surface area contributed by atoms with E-state index in [4.69, 9.17) is 0 Å². The van der Waals surface area contributed by atoms with Gasteiger partial charge in [0.1, 0.15) is 0 Å². The molecule has 0 heterocycles. The van der Waals surface area contributed by atoms with Gasteiger partial charge >= 0.3 is 0 Å². The molecule has 0 saturated carbocycles. The first-order chi connectivity index (χ1) is 39.6. The van der Waals surface area contributed by atoms with Crippen molar-refractivity contribution in [3.8, 4) is 47.4 Å². The topological polar surface area (TPSA) is 0 Å². The lowest BCUT2D eigenvalue weighted by Gasteiger charge is -2.15. The van der Waals surface area contributed by atoms with Gasteiger partial charge in [-0.3, -0.25) is 0 Å². The molecule has 0 N–H and O–H groups in total. The van der Waals surface area contributed by atoms with E-state index >= 15 is 0 Å². The van der Waals surface area contributed by atoms with Crippen LogP contribution in [0.15, 0.2) is 182 Å². The highest BCUT2D eigenvalue weighted by molar-refractivity contribution is 6.09. The first-order valence-corrected chi connectivity index (χ1v) is 29.5. The fourth-order valence-corrected chi connectivity index (χ4v) is 12.7. The first kappa shape index (κ1) is 50.5. The molecule has 0 amide bonds. The average Bonchev–Trinajstić information content (AvgIpc) is 3.69. The molecule has 12 aromatic carbocycles. The molecular weight excluding hydrogens is 961 g/mol. The molecule has 0 aromatic heterocycles. The molecule has 0 spiro atoms. The molecule has 1 aliphatic rings. The van der Waals surface area contributed by atoms with Crippen LogP contribution >= 0.6 is 0 Å². The smallest absolute Gasteiger partial charge is 0.0327 e. The van der Waals surface area contributed by atoms with Gasteiger partial charge in [-0.2, -0.15) is 0 Å². The number of aryl methyl sites for hydroxylation is 2. The molecule has 0 saturated heterocycles. The predicted octanol–water partition coefficient (Wildman–Crippen LogP) is 20.6. The molecule has 0 unspecified atom stereocenters. The van der Waals surface area contributed by atoms with Crippen molar-refractivity contribution in [2.75, 3.05) is 0 Å². The number of rotatable bonds is 14. The average molecular weight is 1030 g/mol. The Morgan fingerprint density at radius 1 is 0.212 bits per heavy atom. The molecule has 80 heavy (non-hydrogen) atoms. The molecule has 0 nitrogen and oxygen atoms in total. The van der Waals surface area contributed by atoms with Crippen molar-refractivity contribution in [2.45, 2.75) is 104 Å². The molecule has 8 bridgehead atoms. The third kappa shape index (κ3) is 9.94. The monoisotopic (exact) mass is 1020 g/mol. The number of hydrogen-bond donors (Lipinski definition) is 0. The third-order valence-corrected chi connectivity index (χ3v) is 16.9. The van der Waals surface area contributed by atoms with Crippen LogP contribution in [-0.4, -0.2) is 0 Å². The zero-order chi connectivity index (χ0) is 53.8. The van der Waals surface area contributed by atoms with Gasteiger partial charge in [0.2, 0.25) is 0 Å². The summed E-state index contributed by atoms with van der Waals surface area (Å²) in [5, 5.41) is 19.0. The Labute approximate surface area is 472 Å². The summed E-state index contributed by atoms with van der Waals surface area (Å²) >= 11 is 0. The van der Waals surface area contributed by atoms with Crippen LogP contribution in [-0.2, 0) is 12.8 Å². The first-order valence-electron chi connectivity index (χ1n) is 29.5. The van der Waals surface area contributed by atoms with Crippen LogP contribution < -0.4 is 0 Å². The van der Waals surface area contributed by atoms with E-state index < -0.39 is 0 Å². The molecular formula is C80H64. The third-order valence-electron chi connectivity index (χ3n) is 16.9. The maximum atomic E-state index is 3.81. The fourth-order valence-electron chi connectivity index (χ4n) is 12.7. The SMILES string of the molecule is CCCCCCCCc1c2cccc3c2cc2c(cccc12)C#Cc1cccc2c(CCCCCCCC)c4cccc(c4cc12)C#Cc1cccc2cc4cccc(c4cc12)C#Cc1cccc2cc4cccc(c4cc12)C#C3. The van der Waals surface area contributed by atoms with Gasteiger partial charge < -0.3 is 0 Å². The van der Waals surface area contributed by atoms with E-state index in [2.05, 4.69) is 243 Å². The van der Waals surface area contributed by atoms with Crippen LogP contribution in [0.4, 0.5) is 0 Å². The summed E-state index contributed by atoms with van der Waals surface area (Å²) in [5.74, 6) is 29.9. The van der Waals surface area contributed by atoms with Gasteiger partial charge in [-0.15, -0.1) is 0 Å². The minimum atomic E-state index is 0.993. The van der Waals surface area contributed by atoms with E-state index in [-0.39, 0.29) is 0 Å². The minimum Gasteiger partial charge on any atom is -0.0654 e. The lowest BCUT2D eigenvalue weighted by atomic mass is 9.89. The Hall–Kier alpha value is -9.04. The number of benzene rings is 12. The summed E-state index contributed by atoms with van der Waals surface area (Å²) in [5.41, 5.74) is 10.9. The van der Waals surface area contributed by atoms with E-state index in [0.29, 0.717) is 0 Å². The number of unbranched alkanes of at least 4 members (excludes halogenated alkanes) is 10. The molecule has 0 radical (unpaired) electrons. The molecule has 0 atom stereocenters. The van der Waals surface area contributed by atoms with Crippen LogP contribution in [0.25, 0.3) is 86.2 Å². The Bertz CT molecular complexity index is 4410. The van der Waals surface area contributed by atoms with E-state index in [1.165, 1.54) is 118 Å². The molecule has 0 aliphatic heterocycles. The Balaban J connectivity index is 1.06. The largest absolute Gasteiger partial charge is 0.0654 e. The lowest BCUT2D eigenvalue weighted by Crippen LogP contribution is -1.95. The van der Waals surface area contributed by atoms with Crippen molar-refractivity contribution in [1.29, 1.82) is 0 Å². The molecule has 0 fully saturated rings. The van der Waals surface area contributed by atoms with Gasteiger partial charge in [0.25, 0.3) is 0 Å². The summed E-state index contributed by atoms with van der Waals surface area (Å²) < 4.78 is 0. The van der Waals surface area contributed by atoms with Gasteiger partial charge in [-0.1, -0.05) is 222 Å². The van der Waals surface area contributed by atoms with Crippen molar-refractivity contribution >= 4 is 86.2 Å². The van der Waals surface area contributed by atoms with Crippen molar-refractivity contribution in [1.82, 2.24) is 0 Å².